The lowest BCUT2D eigenvalue weighted by molar-refractivity contribution is -0.177. The minimum atomic E-state index is -1.26. The molecule has 0 radical (unpaired) electrons. The number of imide groups is 2. The molecule has 2 fully saturated rings. The summed E-state index contributed by atoms with van der Waals surface area (Å²) in [4.78, 5) is 94.2. The fraction of sp³-hybridized carbons (Fsp3) is 0.387. The van der Waals surface area contributed by atoms with Gasteiger partial charge in [-0.2, -0.15) is 0 Å². The summed E-state index contributed by atoms with van der Waals surface area (Å²) >= 11 is 0. The lowest BCUT2D eigenvalue weighted by Crippen LogP contribution is -2.40. The van der Waals surface area contributed by atoms with E-state index in [0.717, 1.165) is 22.3 Å². The van der Waals surface area contributed by atoms with Crippen molar-refractivity contribution in [2.45, 2.75) is 31.6 Å². The number of hydroxylamine groups is 4. The number of amides is 5. The average Bonchev–Trinajstić information content (AvgIpc) is 3.67. The van der Waals surface area contributed by atoms with Crippen LogP contribution in [0.5, 0.6) is 0 Å². The number of rotatable bonds is 13. The van der Waals surface area contributed by atoms with Crippen molar-refractivity contribution in [3.05, 3.63) is 59.7 Å². The van der Waals surface area contributed by atoms with Gasteiger partial charge in [0, 0.05) is 57.8 Å². The Morgan fingerprint density at radius 3 is 1.57 bits per heavy atom. The summed E-state index contributed by atoms with van der Waals surface area (Å²) in [7, 11) is 0. The molecule has 0 saturated carbocycles. The fourth-order valence-electron chi connectivity index (χ4n) is 5.33. The molecule has 0 spiro atoms. The molecule has 248 valence electrons. The van der Waals surface area contributed by atoms with Gasteiger partial charge in [-0.25, -0.2) is 14.4 Å². The van der Waals surface area contributed by atoms with Gasteiger partial charge in [0.1, 0.15) is 19.8 Å². The Morgan fingerprint density at radius 1 is 0.660 bits per heavy atom. The van der Waals surface area contributed by atoms with Gasteiger partial charge in [-0.05, 0) is 22.3 Å². The van der Waals surface area contributed by atoms with E-state index in [4.69, 9.17) is 14.2 Å². The largest absolute Gasteiger partial charge is 0.534 e. The maximum Gasteiger partial charge on any atom is 0.534 e. The normalized spacial score (nSPS) is 15.5. The zero-order valence-electron chi connectivity index (χ0n) is 25.2. The summed E-state index contributed by atoms with van der Waals surface area (Å²) in [6.45, 7) is 0.0318. The Labute approximate surface area is 268 Å². The van der Waals surface area contributed by atoms with E-state index in [9.17, 15) is 33.6 Å². The van der Waals surface area contributed by atoms with Crippen LogP contribution in [0.3, 0.4) is 0 Å². The van der Waals surface area contributed by atoms with E-state index >= 15 is 0 Å². The SMILES string of the molecule is O=C(NCCN(CCOC(=O)ON1C(=O)CCC1=O)CCOC(=O)ON1C(=O)CCC1=O)OCC1c2ccccc2-c2ccccc21. The number of hydrogen-bond acceptors (Lipinski definition) is 13. The summed E-state index contributed by atoms with van der Waals surface area (Å²) in [5, 5.41) is 3.38. The molecule has 0 atom stereocenters. The van der Waals surface area contributed by atoms with Crippen LogP contribution in [0.2, 0.25) is 0 Å². The summed E-state index contributed by atoms with van der Waals surface area (Å²) < 4.78 is 15.5. The summed E-state index contributed by atoms with van der Waals surface area (Å²) in [6.07, 6.45) is -3.45. The maximum atomic E-state index is 12.6. The van der Waals surface area contributed by atoms with Gasteiger partial charge in [0.2, 0.25) is 0 Å². The van der Waals surface area contributed by atoms with Crippen LogP contribution < -0.4 is 5.32 Å². The van der Waals surface area contributed by atoms with Gasteiger partial charge in [-0.3, -0.25) is 33.8 Å². The van der Waals surface area contributed by atoms with Crippen LogP contribution in [0, 0.1) is 0 Å². The zero-order valence-corrected chi connectivity index (χ0v) is 25.2. The second-order valence-corrected chi connectivity index (χ2v) is 10.6. The Morgan fingerprint density at radius 2 is 1.11 bits per heavy atom. The third kappa shape index (κ3) is 8.21. The Hall–Kier alpha value is -5.51. The van der Waals surface area contributed by atoms with Crippen LogP contribution in [-0.2, 0) is 43.1 Å². The fourth-order valence-corrected chi connectivity index (χ4v) is 5.33. The van der Waals surface area contributed by atoms with Crippen LogP contribution in [0.4, 0.5) is 14.4 Å². The molecule has 0 aromatic heterocycles. The lowest BCUT2D eigenvalue weighted by atomic mass is 9.98. The number of carbonyl (C=O) groups is 7. The van der Waals surface area contributed by atoms with Crippen molar-refractivity contribution in [1.82, 2.24) is 20.3 Å². The number of hydrogen-bond donors (Lipinski definition) is 1. The highest BCUT2D eigenvalue weighted by Crippen LogP contribution is 2.44. The van der Waals surface area contributed by atoms with Crippen molar-refractivity contribution in [1.29, 1.82) is 0 Å². The molecule has 1 aliphatic carbocycles. The van der Waals surface area contributed by atoms with Crippen molar-refractivity contribution in [3.8, 4) is 11.1 Å². The number of alkyl carbamates (subject to hydrolysis) is 1. The number of nitrogens with one attached hydrogen (secondary N) is 1. The van der Waals surface area contributed by atoms with E-state index in [-0.39, 0.29) is 77.6 Å². The Kier molecular flexibility index (Phi) is 10.6. The van der Waals surface area contributed by atoms with Gasteiger partial charge < -0.3 is 19.5 Å². The lowest BCUT2D eigenvalue weighted by Gasteiger charge is -2.22. The summed E-state index contributed by atoms with van der Waals surface area (Å²) in [5.41, 5.74) is 4.34. The molecule has 3 aliphatic rings. The van der Waals surface area contributed by atoms with Crippen LogP contribution in [-0.4, -0.2) is 103 Å². The first-order chi connectivity index (χ1) is 22.7. The minimum absolute atomic E-state index is 0.0604. The van der Waals surface area contributed by atoms with Crippen molar-refractivity contribution in [2.24, 2.45) is 0 Å². The smallest absolute Gasteiger partial charge is 0.449 e. The molecular weight excluding hydrogens is 620 g/mol. The van der Waals surface area contributed by atoms with Crippen LogP contribution in [0.25, 0.3) is 11.1 Å². The average molecular weight is 653 g/mol. The van der Waals surface area contributed by atoms with Gasteiger partial charge >= 0.3 is 18.4 Å². The quantitative estimate of drug-likeness (QED) is 0.189. The standard InChI is InChI=1S/C31H32N4O12/c36-25-9-10-26(37)34(25)46-30(41)43-17-15-33(16-18-44-31(42)47-35-27(38)11-12-28(35)39)14-13-32-29(40)45-19-24-22-7-3-1-5-20(22)21-6-2-4-8-23(21)24/h1-8,24H,9-19H2,(H,32,40). The number of ether oxygens (including phenoxy) is 3. The highest BCUT2D eigenvalue weighted by atomic mass is 16.8. The van der Waals surface area contributed by atoms with E-state index in [1.54, 1.807) is 4.90 Å². The topological polar surface area (TPSA) is 187 Å². The zero-order chi connectivity index (χ0) is 33.3. The predicted molar refractivity (Wildman–Crippen MR) is 157 cm³/mol. The number of fused-ring (bicyclic) bond motifs is 3. The number of benzene rings is 2. The molecule has 5 amide bonds. The van der Waals surface area contributed by atoms with Gasteiger partial charge in [0.05, 0.1) is 0 Å². The van der Waals surface area contributed by atoms with E-state index in [0.29, 0.717) is 10.1 Å². The second-order valence-electron chi connectivity index (χ2n) is 10.6. The molecule has 0 unspecified atom stereocenters. The van der Waals surface area contributed by atoms with Gasteiger partial charge in [-0.1, -0.05) is 58.7 Å². The molecule has 2 aromatic rings. The van der Waals surface area contributed by atoms with Crippen molar-refractivity contribution < 1.29 is 57.4 Å². The Balaban J connectivity index is 1.08. The monoisotopic (exact) mass is 652 g/mol. The van der Waals surface area contributed by atoms with E-state index in [1.807, 2.05) is 48.5 Å². The molecule has 5 rings (SSSR count). The molecule has 2 saturated heterocycles. The molecule has 47 heavy (non-hydrogen) atoms. The molecule has 16 heteroatoms. The first-order valence-electron chi connectivity index (χ1n) is 14.9. The van der Waals surface area contributed by atoms with Crippen LogP contribution in [0.15, 0.2) is 48.5 Å². The van der Waals surface area contributed by atoms with E-state index in [1.165, 1.54) is 0 Å². The first-order valence-corrected chi connectivity index (χ1v) is 14.9. The summed E-state index contributed by atoms with van der Waals surface area (Å²) in [5.74, 6) is -2.75. The summed E-state index contributed by atoms with van der Waals surface area (Å²) in [6, 6.07) is 15.9. The third-order valence-electron chi connectivity index (χ3n) is 7.64. The molecule has 2 aliphatic heterocycles. The van der Waals surface area contributed by atoms with E-state index < -0.39 is 42.0 Å². The molecule has 2 aromatic carbocycles. The molecular formula is C31H32N4O12. The minimum Gasteiger partial charge on any atom is -0.449 e. The van der Waals surface area contributed by atoms with Gasteiger partial charge in [0.15, 0.2) is 0 Å². The number of nitrogens with zero attached hydrogens (tertiary/aromatic N) is 3. The van der Waals surface area contributed by atoms with Gasteiger partial charge in [-0.15, -0.1) is 0 Å². The van der Waals surface area contributed by atoms with Crippen molar-refractivity contribution >= 4 is 42.0 Å². The molecule has 2 heterocycles. The first kappa shape index (κ1) is 32.9. The molecule has 0 bridgehead atoms. The van der Waals surface area contributed by atoms with Crippen molar-refractivity contribution in [3.63, 3.8) is 0 Å². The van der Waals surface area contributed by atoms with Gasteiger partial charge in [0.25, 0.3) is 23.6 Å². The highest BCUT2D eigenvalue weighted by Gasteiger charge is 2.34. The van der Waals surface area contributed by atoms with Crippen LogP contribution in [0.1, 0.15) is 42.7 Å². The molecule has 16 nitrogen and oxygen atoms in total. The maximum absolute atomic E-state index is 12.6. The van der Waals surface area contributed by atoms with Crippen molar-refractivity contribution in [2.75, 3.05) is 46.0 Å². The predicted octanol–water partition coefficient (Wildman–Crippen LogP) is 2.26. The third-order valence-corrected chi connectivity index (χ3v) is 7.64. The Bertz CT molecular complexity index is 1430. The molecule has 1 N–H and O–H groups in total. The second kappa shape index (κ2) is 15.2. The van der Waals surface area contributed by atoms with Crippen LogP contribution >= 0.6 is 0 Å². The highest BCUT2D eigenvalue weighted by molar-refractivity contribution is 6.02. The number of carbonyl (C=O) groups excluding carboxylic acids is 7. The van der Waals surface area contributed by atoms with E-state index in [2.05, 4.69) is 15.0 Å².